The maximum Gasteiger partial charge on any atom is 0.203 e. The molecule has 11 heteroatoms. The van der Waals surface area contributed by atoms with E-state index >= 15 is 0 Å². The maximum atomic E-state index is 5.55. The lowest BCUT2D eigenvalue weighted by molar-refractivity contribution is 0.122. The SMILES string of the molecule is COc1cc2nc(-c3ccc(N4CCOCC4)nc3)nc(Nc3cc(OC)c(OC)c(OC)c3)c2cc1OC. The van der Waals surface area contributed by atoms with E-state index in [-0.39, 0.29) is 0 Å². The van der Waals surface area contributed by atoms with Crippen molar-refractivity contribution in [1.29, 1.82) is 0 Å². The van der Waals surface area contributed by atoms with Gasteiger partial charge >= 0.3 is 0 Å². The average molecular weight is 534 g/mol. The lowest BCUT2D eigenvalue weighted by Gasteiger charge is -2.27. The molecule has 2 aromatic heterocycles. The van der Waals surface area contributed by atoms with Gasteiger partial charge in [-0.05, 0) is 18.2 Å². The minimum Gasteiger partial charge on any atom is -0.493 e. The van der Waals surface area contributed by atoms with Crippen LogP contribution in [0.4, 0.5) is 17.3 Å². The van der Waals surface area contributed by atoms with E-state index in [9.17, 15) is 0 Å². The van der Waals surface area contributed by atoms with Crippen LogP contribution >= 0.6 is 0 Å². The molecular formula is C28H31N5O6. The Morgan fingerprint density at radius 2 is 1.44 bits per heavy atom. The molecule has 2 aromatic carbocycles. The third kappa shape index (κ3) is 5.26. The number of nitrogens with zero attached hydrogens (tertiary/aromatic N) is 4. The molecular weight excluding hydrogens is 502 g/mol. The first-order valence-electron chi connectivity index (χ1n) is 12.4. The molecule has 1 fully saturated rings. The van der Waals surface area contributed by atoms with E-state index in [2.05, 4.69) is 15.2 Å². The number of rotatable bonds is 9. The summed E-state index contributed by atoms with van der Waals surface area (Å²) in [6.07, 6.45) is 1.79. The number of hydrogen-bond acceptors (Lipinski definition) is 11. The average Bonchev–Trinajstić information content (AvgIpc) is 3.00. The Bertz CT molecular complexity index is 1430. The van der Waals surface area contributed by atoms with Crippen molar-refractivity contribution >= 4 is 28.2 Å². The van der Waals surface area contributed by atoms with E-state index < -0.39 is 0 Å². The first kappa shape index (κ1) is 26.1. The highest BCUT2D eigenvalue weighted by molar-refractivity contribution is 5.94. The zero-order chi connectivity index (χ0) is 27.4. The number of hydrogen-bond donors (Lipinski definition) is 1. The fraction of sp³-hybridized carbons (Fsp3) is 0.321. The molecule has 0 atom stereocenters. The second kappa shape index (κ2) is 11.5. The van der Waals surface area contributed by atoms with Gasteiger partial charge in [-0.15, -0.1) is 0 Å². The fourth-order valence-electron chi connectivity index (χ4n) is 4.47. The number of aromatic nitrogens is 3. The number of anilines is 3. The van der Waals surface area contributed by atoms with Crippen LogP contribution < -0.4 is 33.9 Å². The second-order valence-corrected chi connectivity index (χ2v) is 8.66. The van der Waals surface area contributed by atoms with Crippen LogP contribution in [-0.4, -0.2) is 76.8 Å². The Morgan fingerprint density at radius 3 is 2.03 bits per heavy atom. The maximum absolute atomic E-state index is 5.55. The molecule has 1 aliphatic rings. The third-order valence-corrected chi connectivity index (χ3v) is 6.47. The molecule has 204 valence electrons. The molecule has 0 radical (unpaired) electrons. The van der Waals surface area contributed by atoms with Gasteiger partial charge in [0.15, 0.2) is 28.8 Å². The molecule has 1 N–H and O–H groups in total. The van der Waals surface area contributed by atoms with E-state index in [4.69, 9.17) is 38.4 Å². The van der Waals surface area contributed by atoms with Crippen LogP contribution in [-0.2, 0) is 4.74 Å². The van der Waals surface area contributed by atoms with E-state index in [1.807, 2.05) is 36.4 Å². The quantitative estimate of drug-likeness (QED) is 0.332. The summed E-state index contributed by atoms with van der Waals surface area (Å²) in [5.74, 6) is 4.61. The Kier molecular flexibility index (Phi) is 7.69. The standard InChI is InChI=1S/C28H31N5O6/c1-34-21-14-19-20(15-22(21)35-2)31-27(17-6-7-25(29-16-17)33-8-10-39-11-9-33)32-28(19)30-18-12-23(36-3)26(38-5)24(13-18)37-4/h6-7,12-16H,8-11H2,1-5H3,(H,30,31,32). The minimum atomic E-state index is 0.497. The molecule has 3 heterocycles. The van der Waals surface area contributed by atoms with Crippen LogP contribution in [0.5, 0.6) is 28.7 Å². The number of pyridine rings is 1. The first-order valence-corrected chi connectivity index (χ1v) is 12.4. The lowest BCUT2D eigenvalue weighted by Crippen LogP contribution is -2.36. The van der Waals surface area contributed by atoms with Crippen molar-refractivity contribution in [2.75, 3.05) is 72.1 Å². The number of benzene rings is 2. The smallest absolute Gasteiger partial charge is 0.203 e. The minimum absolute atomic E-state index is 0.497. The van der Waals surface area contributed by atoms with Gasteiger partial charge in [-0.25, -0.2) is 15.0 Å². The molecule has 0 amide bonds. The Morgan fingerprint density at radius 1 is 0.769 bits per heavy atom. The number of morpholine rings is 1. The zero-order valence-electron chi connectivity index (χ0n) is 22.6. The van der Waals surface area contributed by atoms with Crippen molar-refractivity contribution in [2.45, 2.75) is 0 Å². The van der Waals surface area contributed by atoms with Gasteiger partial charge in [-0.2, -0.15) is 0 Å². The topological polar surface area (TPSA) is 109 Å². The molecule has 0 spiro atoms. The fourth-order valence-corrected chi connectivity index (χ4v) is 4.47. The number of ether oxygens (including phenoxy) is 6. The molecule has 0 aliphatic carbocycles. The molecule has 0 bridgehead atoms. The monoisotopic (exact) mass is 533 g/mol. The van der Waals surface area contributed by atoms with Crippen molar-refractivity contribution < 1.29 is 28.4 Å². The molecule has 0 saturated carbocycles. The predicted molar refractivity (Wildman–Crippen MR) is 148 cm³/mol. The summed E-state index contributed by atoms with van der Waals surface area (Å²) in [4.78, 5) is 16.6. The normalized spacial score (nSPS) is 13.2. The van der Waals surface area contributed by atoms with E-state index in [0.29, 0.717) is 64.8 Å². The van der Waals surface area contributed by atoms with Gasteiger partial charge in [0.25, 0.3) is 0 Å². The van der Waals surface area contributed by atoms with Crippen molar-refractivity contribution in [2.24, 2.45) is 0 Å². The first-order chi connectivity index (χ1) is 19.1. The Balaban J connectivity index is 1.60. The summed E-state index contributed by atoms with van der Waals surface area (Å²) in [7, 11) is 7.89. The number of fused-ring (bicyclic) bond motifs is 1. The van der Waals surface area contributed by atoms with Gasteiger partial charge in [0.2, 0.25) is 5.75 Å². The summed E-state index contributed by atoms with van der Waals surface area (Å²) in [5, 5.41) is 4.14. The highest BCUT2D eigenvalue weighted by Crippen LogP contribution is 2.42. The van der Waals surface area contributed by atoms with Gasteiger partial charge < -0.3 is 38.6 Å². The molecule has 4 aromatic rings. The molecule has 11 nitrogen and oxygen atoms in total. The van der Waals surface area contributed by atoms with Gasteiger partial charge in [0.1, 0.15) is 11.6 Å². The van der Waals surface area contributed by atoms with Crippen LogP contribution in [0.2, 0.25) is 0 Å². The number of methoxy groups -OCH3 is 5. The van der Waals surface area contributed by atoms with Crippen molar-refractivity contribution in [3.63, 3.8) is 0 Å². The Hall–Kier alpha value is -4.51. The van der Waals surface area contributed by atoms with Gasteiger partial charge in [0, 0.05) is 54.1 Å². The van der Waals surface area contributed by atoms with Crippen molar-refractivity contribution in [3.05, 3.63) is 42.6 Å². The third-order valence-electron chi connectivity index (χ3n) is 6.47. The van der Waals surface area contributed by atoms with Gasteiger partial charge in [-0.3, -0.25) is 0 Å². The molecule has 5 rings (SSSR count). The second-order valence-electron chi connectivity index (χ2n) is 8.66. The molecule has 1 saturated heterocycles. The highest BCUT2D eigenvalue weighted by Gasteiger charge is 2.18. The lowest BCUT2D eigenvalue weighted by atomic mass is 10.1. The van der Waals surface area contributed by atoms with E-state index in [1.54, 1.807) is 41.7 Å². The summed E-state index contributed by atoms with van der Waals surface area (Å²) < 4.78 is 33.1. The van der Waals surface area contributed by atoms with Crippen molar-refractivity contribution in [3.8, 4) is 40.1 Å². The summed E-state index contributed by atoms with van der Waals surface area (Å²) >= 11 is 0. The van der Waals surface area contributed by atoms with E-state index in [0.717, 1.165) is 29.9 Å². The number of nitrogens with one attached hydrogen (secondary N) is 1. The zero-order valence-corrected chi connectivity index (χ0v) is 22.6. The van der Waals surface area contributed by atoms with Crippen LogP contribution in [0.3, 0.4) is 0 Å². The van der Waals surface area contributed by atoms with Crippen molar-refractivity contribution in [1.82, 2.24) is 15.0 Å². The van der Waals surface area contributed by atoms with Crippen LogP contribution in [0.15, 0.2) is 42.6 Å². The molecule has 39 heavy (non-hydrogen) atoms. The van der Waals surface area contributed by atoms with Gasteiger partial charge in [0.05, 0.1) is 54.3 Å². The largest absolute Gasteiger partial charge is 0.493 e. The molecule has 0 unspecified atom stereocenters. The van der Waals surface area contributed by atoms with Crippen LogP contribution in [0, 0.1) is 0 Å². The molecule has 1 aliphatic heterocycles. The van der Waals surface area contributed by atoms with Gasteiger partial charge in [-0.1, -0.05) is 0 Å². The van der Waals surface area contributed by atoms with E-state index in [1.165, 1.54) is 0 Å². The highest BCUT2D eigenvalue weighted by atomic mass is 16.5. The summed E-state index contributed by atoms with van der Waals surface area (Å²) in [6, 6.07) is 11.3. The van der Waals surface area contributed by atoms with Crippen LogP contribution in [0.1, 0.15) is 0 Å². The van der Waals surface area contributed by atoms with Crippen LogP contribution in [0.25, 0.3) is 22.3 Å². The Labute approximate surface area is 226 Å². The summed E-state index contributed by atoms with van der Waals surface area (Å²) in [6.45, 7) is 3.00. The summed E-state index contributed by atoms with van der Waals surface area (Å²) in [5.41, 5.74) is 2.13. The predicted octanol–water partition coefficient (Wildman–Crippen LogP) is 4.32.